The molecule has 4 N–H and O–H groups in total. The monoisotopic (exact) mass is 293 g/mol. The van der Waals surface area contributed by atoms with E-state index < -0.39 is 17.9 Å². The molecule has 0 bridgehead atoms. The van der Waals surface area contributed by atoms with Crippen molar-refractivity contribution >= 4 is 11.8 Å². The summed E-state index contributed by atoms with van der Waals surface area (Å²) in [5.74, 6) is -0.758. The molecule has 0 aliphatic carbocycles. The fourth-order valence-electron chi connectivity index (χ4n) is 2.10. The second-order valence-corrected chi connectivity index (χ2v) is 5.86. The van der Waals surface area contributed by atoms with Crippen LogP contribution >= 0.6 is 0 Å². The summed E-state index contributed by atoms with van der Waals surface area (Å²) in [4.78, 5) is 37.8. The minimum Gasteiger partial charge on any atom is -0.368 e. The van der Waals surface area contributed by atoms with E-state index in [0.717, 1.165) is 0 Å². The Morgan fingerprint density at radius 1 is 1.24 bits per heavy atom. The summed E-state index contributed by atoms with van der Waals surface area (Å²) in [6.45, 7) is 7.65. The van der Waals surface area contributed by atoms with Crippen molar-refractivity contribution in [2.24, 2.45) is 11.7 Å². The van der Waals surface area contributed by atoms with Crippen LogP contribution in [0.2, 0.25) is 0 Å². The van der Waals surface area contributed by atoms with E-state index in [2.05, 4.69) is 10.3 Å². The van der Waals surface area contributed by atoms with Gasteiger partial charge in [-0.2, -0.15) is 0 Å². The average Bonchev–Trinajstić information content (AvgIpc) is 2.36. The number of carbonyl (C=O) groups excluding carboxylic acids is 2. The Morgan fingerprint density at radius 2 is 1.86 bits per heavy atom. The third-order valence-electron chi connectivity index (χ3n) is 3.13. The number of rotatable bonds is 6. The van der Waals surface area contributed by atoms with Gasteiger partial charge in [-0.3, -0.25) is 14.4 Å². The molecule has 0 saturated carbocycles. The van der Waals surface area contributed by atoms with Gasteiger partial charge in [0.2, 0.25) is 11.5 Å². The van der Waals surface area contributed by atoms with Crippen molar-refractivity contribution in [1.29, 1.82) is 0 Å². The number of carbonyl (C=O) groups is 2. The quantitative estimate of drug-likeness (QED) is 0.732. The Kier molecular flexibility index (Phi) is 5.69. The van der Waals surface area contributed by atoms with Gasteiger partial charge in [0.1, 0.15) is 6.04 Å². The number of primary amides is 1. The van der Waals surface area contributed by atoms with Crippen LogP contribution in [0.15, 0.2) is 16.9 Å². The molecule has 1 heterocycles. The first-order valence-corrected chi connectivity index (χ1v) is 7.05. The second-order valence-electron chi connectivity index (χ2n) is 5.86. The number of aromatic amines is 1. The summed E-state index contributed by atoms with van der Waals surface area (Å²) < 4.78 is 0. The number of pyridine rings is 1. The average molecular weight is 293 g/mol. The molecule has 2 amide bonds. The Labute approximate surface area is 124 Å². The molecule has 0 unspecified atom stereocenters. The predicted octanol–water partition coefficient (Wildman–Crippen LogP) is 1.13. The normalized spacial score (nSPS) is 12.5. The van der Waals surface area contributed by atoms with Gasteiger partial charge in [0.05, 0.1) is 5.56 Å². The molecule has 1 atom stereocenters. The highest BCUT2D eigenvalue weighted by molar-refractivity contribution is 5.98. The molecule has 6 heteroatoms. The molecule has 116 valence electrons. The lowest BCUT2D eigenvalue weighted by Gasteiger charge is -2.19. The van der Waals surface area contributed by atoms with E-state index >= 15 is 0 Å². The lowest BCUT2D eigenvalue weighted by molar-refractivity contribution is -0.120. The molecule has 0 aliphatic rings. The van der Waals surface area contributed by atoms with Crippen LogP contribution in [0.1, 0.15) is 56.1 Å². The van der Waals surface area contributed by atoms with Crippen molar-refractivity contribution in [3.8, 4) is 0 Å². The van der Waals surface area contributed by atoms with E-state index in [-0.39, 0.29) is 17.4 Å². The van der Waals surface area contributed by atoms with E-state index in [1.165, 1.54) is 12.1 Å². The van der Waals surface area contributed by atoms with Crippen LogP contribution in [0.4, 0.5) is 0 Å². The summed E-state index contributed by atoms with van der Waals surface area (Å²) in [6.07, 6.45) is 0.474. The van der Waals surface area contributed by atoms with Gasteiger partial charge < -0.3 is 16.0 Å². The molecular weight excluding hydrogens is 270 g/mol. The van der Waals surface area contributed by atoms with Gasteiger partial charge in [-0.25, -0.2) is 0 Å². The maximum Gasteiger partial charge on any atom is 0.253 e. The van der Waals surface area contributed by atoms with E-state index in [1.807, 2.05) is 27.7 Å². The summed E-state index contributed by atoms with van der Waals surface area (Å²) >= 11 is 0. The molecule has 1 aromatic heterocycles. The van der Waals surface area contributed by atoms with Crippen molar-refractivity contribution in [3.63, 3.8) is 0 Å². The molecule has 0 aliphatic heterocycles. The van der Waals surface area contributed by atoms with E-state index in [9.17, 15) is 14.4 Å². The predicted molar refractivity (Wildman–Crippen MR) is 81.1 cm³/mol. The lowest BCUT2D eigenvalue weighted by atomic mass is 10.0. The second kappa shape index (κ2) is 7.06. The maximum absolute atomic E-state index is 12.3. The van der Waals surface area contributed by atoms with Crippen LogP contribution in [0, 0.1) is 5.92 Å². The topological polar surface area (TPSA) is 105 Å². The first-order valence-electron chi connectivity index (χ1n) is 7.05. The summed E-state index contributed by atoms with van der Waals surface area (Å²) in [5, 5.41) is 2.64. The molecule has 0 spiro atoms. The third-order valence-corrected chi connectivity index (χ3v) is 3.13. The zero-order valence-corrected chi connectivity index (χ0v) is 12.9. The SMILES string of the molecule is CC(C)C[C@H](NC(=O)c1ccc(=O)[nH]c1C(C)C)C(N)=O. The van der Waals surface area contributed by atoms with Crippen LogP contribution in [-0.4, -0.2) is 22.8 Å². The van der Waals surface area contributed by atoms with Gasteiger partial charge in [0, 0.05) is 11.8 Å². The van der Waals surface area contributed by atoms with Crippen molar-refractivity contribution in [1.82, 2.24) is 10.3 Å². The van der Waals surface area contributed by atoms with Gasteiger partial charge in [-0.05, 0) is 24.3 Å². The number of amides is 2. The summed E-state index contributed by atoms with van der Waals surface area (Å²) in [6, 6.07) is 2.05. The highest BCUT2D eigenvalue weighted by Crippen LogP contribution is 2.15. The number of hydrogen-bond donors (Lipinski definition) is 3. The van der Waals surface area contributed by atoms with Crippen LogP contribution in [0.25, 0.3) is 0 Å². The van der Waals surface area contributed by atoms with Gasteiger partial charge >= 0.3 is 0 Å². The van der Waals surface area contributed by atoms with Crippen molar-refractivity contribution < 1.29 is 9.59 Å². The summed E-state index contributed by atoms with van der Waals surface area (Å²) in [5.41, 5.74) is 5.97. The molecule has 1 aromatic rings. The molecule has 21 heavy (non-hydrogen) atoms. The number of hydrogen-bond acceptors (Lipinski definition) is 3. The lowest BCUT2D eigenvalue weighted by Crippen LogP contribution is -2.45. The minimum atomic E-state index is -0.718. The van der Waals surface area contributed by atoms with Crippen LogP contribution in [0.3, 0.4) is 0 Å². The van der Waals surface area contributed by atoms with Gasteiger partial charge in [-0.1, -0.05) is 27.7 Å². The number of H-pyrrole nitrogens is 1. The van der Waals surface area contributed by atoms with E-state index in [0.29, 0.717) is 17.7 Å². The van der Waals surface area contributed by atoms with Crippen molar-refractivity contribution in [2.75, 3.05) is 0 Å². The third kappa shape index (κ3) is 4.73. The van der Waals surface area contributed by atoms with E-state index in [4.69, 9.17) is 5.73 Å². The Bertz CT molecular complexity index is 576. The fraction of sp³-hybridized carbons (Fsp3) is 0.533. The fourth-order valence-corrected chi connectivity index (χ4v) is 2.10. The molecule has 0 aromatic carbocycles. The molecule has 0 radical (unpaired) electrons. The van der Waals surface area contributed by atoms with Crippen LogP contribution in [0.5, 0.6) is 0 Å². The smallest absolute Gasteiger partial charge is 0.253 e. The molecule has 0 fully saturated rings. The molecule has 6 nitrogen and oxygen atoms in total. The number of nitrogens with one attached hydrogen (secondary N) is 2. The van der Waals surface area contributed by atoms with Gasteiger partial charge in [-0.15, -0.1) is 0 Å². The first kappa shape index (κ1) is 16.9. The Balaban J connectivity index is 3.03. The Hall–Kier alpha value is -2.11. The van der Waals surface area contributed by atoms with Gasteiger partial charge in [0.15, 0.2) is 0 Å². The number of nitrogens with two attached hydrogens (primary N) is 1. The summed E-state index contributed by atoms with van der Waals surface area (Å²) in [7, 11) is 0. The molecular formula is C15H23N3O3. The zero-order valence-electron chi connectivity index (χ0n) is 12.9. The largest absolute Gasteiger partial charge is 0.368 e. The van der Waals surface area contributed by atoms with Gasteiger partial charge in [0.25, 0.3) is 5.91 Å². The first-order chi connectivity index (χ1) is 9.72. The van der Waals surface area contributed by atoms with Crippen molar-refractivity contribution in [2.45, 2.75) is 46.1 Å². The highest BCUT2D eigenvalue weighted by Gasteiger charge is 2.22. The minimum absolute atomic E-state index is 0.0169. The molecule has 0 saturated heterocycles. The van der Waals surface area contributed by atoms with Crippen LogP contribution in [-0.2, 0) is 4.79 Å². The zero-order chi connectivity index (χ0) is 16.2. The molecule has 1 rings (SSSR count). The number of aromatic nitrogens is 1. The maximum atomic E-state index is 12.3. The highest BCUT2D eigenvalue weighted by atomic mass is 16.2. The van der Waals surface area contributed by atoms with Crippen molar-refractivity contribution in [3.05, 3.63) is 33.7 Å². The standard InChI is InChI=1S/C15H23N3O3/c1-8(2)7-11(14(16)20)17-15(21)10-5-6-12(19)18-13(10)9(3)4/h5-6,8-9,11H,7H2,1-4H3,(H2,16,20)(H,17,21)(H,18,19)/t11-/m0/s1. The van der Waals surface area contributed by atoms with E-state index in [1.54, 1.807) is 0 Å². The Morgan fingerprint density at radius 3 is 2.33 bits per heavy atom. The van der Waals surface area contributed by atoms with Crippen LogP contribution < -0.4 is 16.6 Å².